The number of hydrogen-bond acceptors (Lipinski definition) is 3. The van der Waals surface area contributed by atoms with E-state index in [4.69, 9.17) is 4.74 Å². The molecule has 4 heteroatoms. The fraction of sp³-hybridized carbons (Fsp3) is 0.250. The maximum atomic E-state index is 11.1. The molecule has 1 atom stereocenters. The molecule has 4 rings (SSSR count). The van der Waals surface area contributed by atoms with Crippen LogP contribution in [0.15, 0.2) is 65.1 Å². The second-order valence-corrected chi connectivity index (χ2v) is 8.30. The topological polar surface area (TPSA) is 32.7 Å². The van der Waals surface area contributed by atoms with E-state index in [9.17, 15) is 5.11 Å². The second kappa shape index (κ2) is 7.98. The summed E-state index contributed by atoms with van der Waals surface area (Å²) in [6, 6.07) is 20.4. The highest BCUT2D eigenvalue weighted by molar-refractivity contribution is 9.10. The van der Waals surface area contributed by atoms with Crippen LogP contribution in [-0.2, 0) is 19.4 Å². The van der Waals surface area contributed by atoms with Crippen molar-refractivity contribution in [1.29, 1.82) is 0 Å². The van der Waals surface area contributed by atoms with Crippen LogP contribution in [0.4, 0.5) is 5.69 Å². The van der Waals surface area contributed by atoms with Gasteiger partial charge in [-0.25, -0.2) is 0 Å². The molecule has 0 aliphatic heterocycles. The average Bonchev–Trinajstić information content (AvgIpc) is 2.68. The lowest BCUT2D eigenvalue weighted by molar-refractivity contribution is 0.220. The summed E-state index contributed by atoms with van der Waals surface area (Å²) in [5.74, 6) is 0.764. The Labute approximate surface area is 174 Å². The summed E-state index contributed by atoms with van der Waals surface area (Å²) in [5.41, 5.74) is 6.61. The number of aryl methyl sites for hydroxylation is 2. The van der Waals surface area contributed by atoms with Crippen LogP contribution in [0.2, 0.25) is 0 Å². The molecule has 3 aromatic carbocycles. The molecule has 0 radical (unpaired) electrons. The molecule has 0 amide bonds. The average molecular weight is 438 g/mol. The lowest BCUT2D eigenvalue weighted by Crippen LogP contribution is -2.15. The third-order valence-electron chi connectivity index (χ3n) is 5.30. The van der Waals surface area contributed by atoms with Gasteiger partial charge in [-0.1, -0.05) is 48.5 Å². The van der Waals surface area contributed by atoms with E-state index in [1.807, 2.05) is 67.5 Å². The fourth-order valence-corrected chi connectivity index (χ4v) is 4.05. The molecule has 0 saturated carbocycles. The monoisotopic (exact) mass is 437 g/mol. The van der Waals surface area contributed by atoms with E-state index in [2.05, 4.69) is 28.1 Å². The van der Waals surface area contributed by atoms with Crippen molar-refractivity contribution in [3.8, 4) is 5.75 Å². The first-order valence-electron chi connectivity index (χ1n) is 9.50. The van der Waals surface area contributed by atoms with Crippen LogP contribution >= 0.6 is 15.9 Å². The van der Waals surface area contributed by atoms with Gasteiger partial charge in [-0.3, -0.25) is 0 Å². The lowest BCUT2D eigenvalue weighted by atomic mass is 9.85. The molecule has 0 spiro atoms. The Morgan fingerprint density at radius 1 is 1.00 bits per heavy atom. The molecule has 1 aliphatic carbocycles. The number of benzene rings is 3. The number of hydrogen-bond donors (Lipinski definition) is 1. The summed E-state index contributed by atoms with van der Waals surface area (Å²) in [5, 5.41) is 11.1. The number of ether oxygens (including phenoxy) is 1. The molecule has 3 nitrogen and oxygen atoms in total. The van der Waals surface area contributed by atoms with Gasteiger partial charge in [0, 0.05) is 31.4 Å². The van der Waals surface area contributed by atoms with E-state index in [0.29, 0.717) is 6.61 Å². The highest BCUT2D eigenvalue weighted by atomic mass is 79.9. The molecule has 28 heavy (non-hydrogen) atoms. The molecule has 0 fully saturated rings. The standard InChI is InChI=1S/C24H24BrNO2/c1-26(2)22-14-23(28-15-16-6-4-3-5-7-16)21(25)13-20(22)24(27)19-11-9-17-8-10-18(17)12-19/h3-7,9,11-14,24,27H,8,10,15H2,1-2H3. The van der Waals surface area contributed by atoms with Gasteiger partial charge in [0.1, 0.15) is 18.5 Å². The van der Waals surface area contributed by atoms with Crippen LogP contribution in [0, 0.1) is 0 Å². The number of halogens is 1. The van der Waals surface area contributed by atoms with E-state index in [-0.39, 0.29) is 0 Å². The van der Waals surface area contributed by atoms with Gasteiger partial charge in [0.15, 0.2) is 0 Å². The zero-order chi connectivity index (χ0) is 19.7. The Bertz CT molecular complexity index is 985. The minimum atomic E-state index is -0.678. The first kappa shape index (κ1) is 19.0. The Morgan fingerprint density at radius 2 is 1.75 bits per heavy atom. The largest absolute Gasteiger partial charge is 0.488 e. The van der Waals surface area contributed by atoms with Crippen molar-refractivity contribution in [2.75, 3.05) is 19.0 Å². The summed E-state index contributed by atoms with van der Waals surface area (Å²) in [6.45, 7) is 0.499. The number of nitrogens with zero attached hydrogens (tertiary/aromatic N) is 1. The van der Waals surface area contributed by atoms with Crippen LogP contribution in [-0.4, -0.2) is 19.2 Å². The number of fused-ring (bicyclic) bond motifs is 1. The summed E-state index contributed by atoms with van der Waals surface area (Å²) in [7, 11) is 3.97. The zero-order valence-electron chi connectivity index (χ0n) is 16.2. The minimum Gasteiger partial charge on any atom is -0.488 e. The Hall–Kier alpha value is -2.30. The molecule has 0 aromatic heterocycles. The smallest absolute Gasteiger partial charge is 0.136 e. The first-order chi connectivity index (χ1) is 13.5. The Kier molecular flexibility index (Phi) is 5.42. The normalized spacial score (nSPS) is 13.4. The Balaban J connectivity index is 1.63. The zero-order valence-corrected chi connectivity index (χ0v) is 17.7. The molecular formula is C24H24BrNO2. The first-order valence-corrected chi connectivity index (χ1v) is 10.3. The predicted molar refractivity (Wildman–Crippen MR) is 117 cm³/mol. The maximum absolute atomic E-state index is 11.1. The number of aliphatic hydroxyl groups excluding tert-OH is 1. The minimum absolute atomic E-state index is 0.499. The number of rotatable bonds is 6. The summed E-state index contributed by atoms with van der Waals surface area (Å²) in [4.78, 5) is 2.02. The van der Waals surface area contributed by atoms with Crippen LogP contribution in [0.5, 0.6) is 5.75 Å². The van der Waals surface area contributed by atoms with Crippen molar-refractivity contribution in [1.82, 2.24) is 0 Å². The second-order valence-electron chi connectivity index (χ2n) is 7.44. The van der Waals surface area contributed by atoms with Crippen LogP contribution in [0.1, 0.15) is 33.9 Å². The number of aliphatic hydroxyl groups is 1. The predicted octanol–water partition coefficient (Wildman–Crippen LogP) is 5.27. The summed E-state index contributed by atoms with van der Waals surface area (Å²) >= 11 is 3.63. The van der Waals surface area contributed by atoms with Crippen molar-refractivity contribution in [2.45, 2.75) is 25.6 Å². The molecule has 1 aliphatic rings. The molecule has 3 aromatic rings. The SMILES string of the molecule is CN(C)c1cc(OCc2ccccc2)c(Br)cc1C(O)c1ccc2c(c1)CC2. The molecule has 144 valence electrons. The van der Waals surface area contributed by atoms with E-state index in [0.717, 1.165) is 45.4 Å². The quantitative estimate of drug-likeness (QED) is 0.569. The fourth-order valence-electron chi connectivity index (χ4n) is 3.57. The van der Waals surface area contributed by atoms with Crippen LogP contribution in [0.25, 0.3) is 0 Å². The molecule has 1 unspecified atom stereocenters. The van der Waals surface area contributed by atoms with E-state index in [1.54, 1.807) is 0 Å². The third-order valence-corrected chi connectivity index (χ3v) is 5.92. The van der Waals surface area contributed by atoms with Gasteiger partial charge in [0.05, 0.1) is 4.47 Å². The molecule has 1 N–H and O–H groups in total. The molecule has 0 saturated heterocycles. The maximum Gasteiger partial charge on any atom is 0.136 e. The van der Waals surface area contributed by atoms with Crippen molar-refractivity contribution in [3.05, 3.63) is 93.0 Å². The summed E-state index contributed by atoms with van der Waals surface area (Å²) in [6.07, 6.45) is 1.57. The van der Waals surface area contributed by atoms with E-state index >= 15 is 0 Å². The van der Waals surface area contributed by atoms with Gasteiger partial charge >= 0.3 is 0 Å². The lowest BCUT2D eigenvalue weighted by Gasteiger charge is -2.25. The van der Waals surface area contributed by atoms with E-state index < -0.39 is 6.10 Å². The van der Waals surface area contributed by atoms with Gasteiger partial charge in [-0.2, -0.15) is 0 Å². The Morgan fingerprint density at radius 3 is 2.39 bits per heavy atom. The van der Waals surface area contributed by atoms with Crippen LogP contribution in [0.3, 0.4) is 0 Å². The number of anilines is 1. The van der Waals surface area contributed by atoms with Gasteiger partial charge < -0.3 is 14.7 Å². The summed E-state index contributed by atoms with van der Waals surface area (Å²) < 4.78 is 6.88. The van der Waals surface area contributed by atoms with Gasteiger partial charge in [-0.05, 0) is 57.1 Å². The van der Waals surface area contributed by atoms with Crippen LogP contribution < -0.4 is 9.64 Å². The molecule has 0 heterocycles. The third kappa shape index (κ3) is 3.80. The van der Waals surface area contributed by atoms with Crippen molar-refractivity contribution < 1.29 is 9.84 Å². The highest BCUT2D eigenvalue weighted by Crippen LogP contribution is 2.39. The highest BCUT2D eigenvalue weighted by Gasteiger charge is 2.21. The van der Waals surface area contributed by atoms with Gasteiger partial charge in [0.2, 0.25) is 0 Å². The molecule has 0 bridgehead atoms. The molecular weight excluding hydrogens is 414 g/mol. The van der Waals surface area contributed by atoms with Gasteiger partial charge in [0.25, 0.3) is 0 Å². The van der Waals surface area contributed by atoms with Crippen molar-refractivity contribution in [2.24, 2.45) is 0 Å². The van der Waals surface area contributed by atoms with Gasteiger partial charge in [-0.15, -0.1) is 0 Å². The van der Waals surface area contributed by atoms with Crippen molar-refractivity contribution >= 4 is 21.6 Å². The van der Waals surface area contributed by atoms with E-state index in [1.165, 1.54) is 11.1 Å². The van der Waals surface area contributed by atoms with Crippen molar-refractivity contribution in [3.63, 3.8) is 0 Å².